The number of hydrogen-bond acceptors (Lipinski definition) is 2. The van der Waals surface area contributed by atoms with Gasteiger partial charge in [-0.05, 0) is 29.3 Å². The highest BCUT2D eigenvalue weighted by atomic mass is 28.4. The number of carbonyl (C=O) groups excluding carboxylic acids is 1. The summed E-state index contributed by atoms with van der Waals surface area (Å²) in [6.45, 7) is 6.59. The van der Waals surface area contributed by atoms with Gasteiger partial charge in [-0.1, -0.05) is 93.6 Å². The average molecular weight is 367 g/mol. The molecule has 1 unspecified atom stereocenters. The molecule has 2 aromatic rings. The molecule has 2 nitrogen and oxygen atoms in total. The summed E-state index contributed by atoms with van der Waals surface area (Å²) in [5.41, 5.74) is 2.08. The van der Waals surface area contributed by atoms with Gasteiger partial charge >= 0.3 is 0 Å². The smallest absolute Gasteiger partial charge is 0.193 e. The maximum Gasteiger partial charge on any atom is 0.193 e. The van der Waals surface area contributed by atoms with Crippen LogP contribution in [0.3, 0.4) is 0 Å². The Hall–Kier alpha value is -1.97. The van der Waals surface area contributed by atoms with Crippen LogP contribution in [0, 0.1) is 0 Å². The van der Waals surface area contributed by atoms with Gasteiger partial charge in [0.1, 0.15) is 6.10 Å². The molecule has 2 aromatic carbocycles. The minimum atomic E-state index is -1.87. The standard InChI is InChI=1S/C23H30O2Si/c1-4-26(5-2,6-3)25-23(21-17-11-8-12-18-21)22(24)19-13-16-20-14-9-7-10-15-20/h7-18,23H,4-6,19H2,1-3H3/b16-13+. The summed E-state index contributed by atoms with van der Waals surface area (Å²) in [7, 11) is -1.87. The predicted octanol–water partition coefficient (Wildman–Crippen LogP) is 6.42. The monoisotopic (exact) mass is 366 g/mol. The van der Waals surface area contributed by atoms with Crippen molar-refractivity contribution in [1.29, 1.82) is 0 Å². The topological polar surface area (TPSA) is 26.3 Å². The molecule has 0 spiro atoms. The first-order valence-corrected chi connectivity index (χ1v) is 12.1. The molecular formula is C23H30O2Si. The number of benzene rings is 2. The molecule has 2 rings (SSSR count). The van der Waals surface area contributed by atoms with Gasteiger partial charge in [-0.15, -0.1) is 0 Å². The zero-order valence-electron chi connectivity index (χ0n) is 16.2. The molecule has 0 amide bonds. The van der Waals surface area contributed by atoms with Gasteiger partial charge in [0.15, 0.2) is 14.1 Å². The molecule has 0 aromatic heterocycles. The van der Waals surface area contributed by atoms with Gasteiger partial charge in [0.2, 0.25) is 0 Å². The number of rotatable bonds is 10. The van der Waals surface area contributed by atoms with E-state index in [1.807, 2.05) is 72.8 Å². The lowest BCUT2D eigenvalue weighted by Gasteiger charge is -2.32. The molecular weight excluding hydrogens is 336 g/mol. The molecule has 26 heavy (non-hydrogen) atoms. The van der Waals surface area contributed by atoms with Gasteiger partial charge in [-0.25, -0.2) is 0 Å². The predicted molar refractivity (Wildman–Crippen MR) is 113 cm³/mol. The summed E-state index contributed by atoms with van der Waals surface area (Å²) >= 11 is 0. The van der Waals surface area contributed by atoms with Crippen LogP contribution in [-0.4, -0.2) is 14.1 Å². The van der Waals surface area contributed by atoms with E-state index >= 15 is 0 Å². The van der Waals surface area contributed by atoms with Crippen molar-refractivity contribution in [1.82, 2.24) is 0 Å². The first kappa shape index (κ1) is 20.3. The van der Waals surface area contributed by atoms with Crippen molar-refractivity contribution in [2.75, 3.05) is 0 Å². The lowest BCUT2D eigenvalue weighted by molar-refractivity contribution is -0.125. The second-order valence-corrected chi connectivity index (χ2v) is 11.4. The van der Waals surface area contributed by atoms with Crippen LogP contribution in [-0.2, 0) is 9.22 Å². The maximum atomic E-state index is 13.0. The number of hydrogen-bond donors (Lipinski definition) is 0. The zero-order chi connectivity index (χ0) is 18.8. The number of ketones is 1. The third kappa shape index (κ3) is 5.51. The molecule has 0 aliphatic heterocycles. The number of Topliss-reactive ketones (excluding diaryl/α,β-unsaturated/α-hetero) is 1. The second kappa shape index (κ2) is 10.2. The van der Waals surface area contributed by atoms with Crippen molar-refractivity contribution in [3.63, 3.8) is 0 Å². The van der Waals surface area contributed by atoms with Gasteiger partial charge in [-0.3, -0.25) is 4.79 Å². The Balaban J connectivity index is 2.17. The van der Waals surface area contributed by atoms with Crippen LogP contribution in [0.15, 0.2) is 66.7 Å². The first-order valence-electron chi connectivity index (χ1n) is 9.61. The molecule has 0 saturated carbocycles. The van der Waals surface area contributed by atoms with E-state index in [0.717, 1.165) is 29.3 Å². The highest BCUT2D eigenvalue weighted by Crippen LogP contribution is 2.31. The molecule has 0 saturated heterocycles. The molecule has 0 fully saturated rings. The second-order valence-electron chi connectivity index (χ2n) is 6.64. The van der Waals surface area contributed by atoms with Crippen molar-refractivity contribution < 1.29 is 9.22 Å². The van der Waals surface area contributed by atoms with Crippen molar-refractivity contribution in [2.24, 2.45) is 0 Å². The Morgan fingerprint density at radius 2 is 1.46 bits per heavy atom. The van der Waals surface area contributed by atoms with Crippen molar-refractivity contribution in [3.8, 4) is 0 Å². The summed E-state index contributed by atoms with van der Waals surface area (Å²) in [5, 5.41) is 0. The Labute approximate surface area is 159 Å². The van der Waals surface area contributed by atoms with E-state index in [9.17, 15) is 4.79 Å². The summed E-state index contributed by atoms with van der Waals surface area (Å²) in [6, 6.07) is 23.1. The first-order chi connectivity index (χ1) is 12.6. The normalized spacial score (nSPS) is 13.0. The summed E-state index contributed by atoms with van der Waals surface area (Å²) in [6.07, 6.45) is 3.88. The Kier molecular flexibility index (Phi) is 8.01. The maximum absolute atomic E-state index is 13.0. The third-order valence-electron chi connectivity index (χ3n) is 5.12. The van der Waals surface area contributed by atoms with Gasteiger partial charge in [-0.2, -0.15) is 0 Å². The molecule has 0 N–H and O–H groups in total. The molecule has 1 atom stereocenters. The van der Waals surface area contributed by atoms with E-state index in [1.165, 1.54) is 0 Å². The lowest BCUT2D eigenvalue weighted by Crippen LogP contribution is -2.39. The largest absolute Gasteiger partial charge is 0.403 e. The molecule has 0 bridgehead atoms. The van der Waals surface area contributed by atoms with Crippen molar-refractivity contribution in [2.45, 2.75) is 51.4 Å². The van der Waals surface area contributed by atoms with E-state index in [1.54, 1.807) is 0 Å². The highest BCUT2D eigenvalue weighted by Gasteiger charge is 2.34. The van der Waals surface area contributed by atoms with Crippen molar-refractivity contribution >= 4 is 20.2 Å². The molecule has 3 heteroatoms. The van der Waals surface area contributed by atoms with Gasteiger partial charge < -0.3 is 4.43 Å². The van der Waals surface area contributed by atoms with E-state index in [4.69, 9.17) is 4.43 Å². The molecule has 0 aliphatic rings. The van der Waals surface area contributed by atoms with Crippen molar-refractivity contribution in [3.05, 3.63) is 77.9 Å². The molecule has 0 radical (unpaired) electrons. The number of allylic oxidation sites excluding steroid dienone is 1. The summed E-state index contributed by atoms with van der Waals surface area (Å²) in [4.78, 5) is 13.0. The fraction of sp³-hybridized carbons (Fsp3) is 0.348. The van der Waals surface area contributed by atoms with Crippen LogP contribution < -0.4 is 0 Å². The van der Waals surface area contributed by atoms with Crippen LogP contribution in [0.2, 0.25) is 18.1 Å². The Bertz CT molecular complexity index is 682. The van der Waals surface area contributed by atoms with Gasteiger partial charge in [0, 0.05) is 6.42 Å². The third-order valence-corrected chi connectivity index (χ3v) is 9.73. The van der Waals surface area contributed by atoms with E-state index in [0.29, 0.717) is 6.42 Å². The molecule has 0 heterocycles. The summed E-state index contributed by atoms with van der Waals surface area (Å²) < 4.78 is 6.59. The Morgan fingerprint density at radius 1 is 0.923 bits per heavy atom. The fourth-order valence-electron chi connectivity index (χ4n) is 3.18. The number of carbonyl (C=O) groups is 1. The molecule has 138 valence electrons. The Morgan fingerprint density at radius 3 is 2.00 bits per heavy atom. The van der Waals surface area contributed by atoms with E-state index in [2.05, 4.69) is 20.8 Å². The van der Waals surface area contributed by atoms with Crippen LogP contribution in [0.4, 0.5) is 0 Å². The zero-order valence-corrected chi connectivity index (χ0v) is 17.2. The highest BCUT2D eigenvalue weighted by molar-refractivity contribution is 6.73. The van der Waals surface area contributed by atoms with Crippen LogP contribution >= 0.6 is 0 Å². The minimum Gasteiger partial charge on any atom is -0.403 e. The summed E-state index contributed by atoms with van der Waals surface area (Å²) in [5.74, 6) is 0.135. The fourth-order valence-corrected chi connectivity index (χ4v) is 5.95. The quantitative estimate of drug-likeness (QED) is 0.453. The van der Waals surface area contributed by atoms with Gasteiger partial charge in [0.25, 0.3) is 0 Å². The van der Waals surface area contributed by atoms with Gasteiger partial charge in [0.05, 0.1) is 0 Å². The van der Waals surface area contributed by atoms with E-state index in [-0.39, 0.29) is 5.78 Å². The van der Waals surface area contributed by atoms with Crippen LogP contribution in [0.5, 0.6) is 0 Å². The minimum absolute atomic E-state index is 0.135. The lowest BCUT2D eigenvalue weighted by atomic mass is 10.0. The van der Waals surface area contributed by atoms with E-state index < -0.39 is 14.4 Å². The molecule has 0 aliphatic carbocycles. The van der Waals surface area contributed by atoms with Crippen LogP contribution in [0.25, 0.3) is 6.08 Å². The van der Waals surface area contributed by atoms with Crippen LogP contribution in [0.1, 0.15) is 44.4 Å². The average Bonchev–Trinajstić information content (AvgIpc) is 2.71. The SMILES string of the molecule is CC[Si](CC)(CC)OC(C(=O)C/C=C/c1ccccc1)c1ccccc1.